The van der Waals surface area contributed by atoms with E-state index in [1.165, 1.54) is 14.2 Å². The van der Waals surface area contributed by atoms with Crippen LogP contribution in [0.4, 0.5) is 0 Å². The zero-order chi connectivity index (χ0) is 19.6. The predicted molar refractivity (Wildman–Crippen MR) is 103 cm³/mol. The standard InChI is InChI=1S/C19H22NO6P/c1-12(27(23,24-2)25-3)20-16(19(21)22)10-13-8-9-15-14-6-4-5-7-17(14)26-18(15)11-13/h4-9,11-12,16,20H,10H2,1-3H3,(H,21,22)/t12-,16-/m0/s1. The van der Waals surface area contributed by atoms with Crippen LogP contribution in [0.1, 0.15) is 12.5 Å². The van der Waals surface area contributed by atoms with E-state index < -0.39 is 25.4 Å². The number of rotatable bonds is 8. The predicted octanol–water partition coefficient (Wildman–Crippen LogP) is 4.00. The highest BCUT2D eigenvalue weighted by Crippen LogP contribution is 2.50. The maximum absolute atomic E-state index is 12.4. The molecule has 1 aromatic heterocycles. The molecular formula is C19H22NO6P. The summed E-state index contributed by atoms with van der Waals surface area (Å²) in [5.41, 5.74) is 2.27. The quantitative estimate of drug-likeness (QED) is 0.560. The molecule has 0 fully saturated rings. The van der Waals surface area contributed by atoms with Crippen LogP contribution in [0.15, 0.2) is 46.9 Å². The molecule has 2 aromatic carbocycles. The summed E-state index contributed by atoms with van der Waals surface area (Å²) in [5.74, 6) is -1.83. The van der Waals surface area contributed by atoms with Crippen LogP contribution in [-0.4, -0.2) is 37.1 Å². The molecule has 0 radical (unpaired) electrons. The topological polar surface area (TPSA) is 98.0 Å². The van der Waals surface area contributed by atoms with Crippen molar-refractivity contribution < 1.29 is 27.9 Å². The van der Waals surface area contributed by atoms with E-state index in [1.54, 1.807) is 6.92 Å². The SMILES string of the molecule is COP(=O)(OC)[C@@H](C)N[C@@H](Cc1ccc2c(c1)oc1ccccc12)C(=O)O. The molecule has 0 aliphatic carbocycles. The summed E-state index contributed by atoms with van der Waals surface area (Å²) in [7, 11) is -0.879. The number of carboxylic acid groups (broad SMARTS) is 1. The maximum atomic E-state index is 12.4. The van der Waals surface area contributed by atoms with Gasteiger partial charge in [0.05, 0.1) is 0 Å². The van der Waals surface area contributed by atoms with Gasteiger partial charge in [0, 0.05) is 25.0 Å². The molecule has 27 heavy (non-hydrogen) atoms. The molecule has 3 rings (SSSR count). The number of carbonyl (C=O) groups is 1. The number of furan rings is 1. The van der Waals surface area contributed by atoms with Crippen molar-refractivity contribution in [3.05, 3.63) is 48.0 Å². The van der Waals surface area contributed by atoms with Gasteiger partial charge in [0.25, 0.3) is 0 Å². The Kier molecular flexibility index (Phi) is 5.67. The highest BCUT2D eigenvalue weighted by molar-refractivity contribution is 7.54. The fourth-order valence-corrected chi connectivity index (χ4v) is 4.27. The van der Waals surface area contributed by atoms with Crippen LogP contribution in [0.3, 0.4) is 0 Å². The van der Waals surface area contributed by atoms with Crippen molar-refractivity contribution in [2.45, 2.75) is 25.2 Å². The molecule has 1 heterocycles. The minimum atomic E-state index is -3.42. The lowest BCUT2D eigenvalue weighted by Gasteiger charge is -2.25. The average Bonchev–Trinajstić information content (AvgIpc) is 3.04. The molecule has 0 spiro atoms. The third-order valence-electron chi connectivity index (χ3n) is 4.61. The van der Waals surface area contributed by atoms with E-state index in [9.17, 15) is 14.5 Å². The van der Waals surface area contributed by atoms with Crippen molar-refractivity contribution in [3.8, 4) is 0 Å². The lowest BCUT2D eigenvalue weighted by atomic mass is 10.0. The van der Waals surface area contributed by atoms with Crippen molar-refractivity contribution in [2.24, 2.45) is 0 Å². The molecule has 8 heteroatoms. The van der Waals surface area contributed by atoms with Crippen LogP contribution >= 0.6 is 7.60 Å². The number of nitrogens with one attached hydrogen (secondary N) is 1. The monoisotopic (exact) mass is 391 g/mol. The Hall–Kier alpha value is -2.18. The molecular weight excluding hydrogens is 369 g/mol. The van der Waals surface area contributed by atoms with Gasteiger partial charge in [-0.1, -0.05) is 30.3 Å². The molecule has 3 aromatic rings. The smallest absolute Gasteiger partial charge is 0.346 e. The minimum Gasteiger partial charge on any atom is -0.480 e. The second kappa shape index (κ2) is 7.82. The summed E-state index contributed by atoms with van der Waals surface area (Å²) in [6.07, 6.45) is 0.195. The molecule has 0 bridgehead atoms. The first-order chi connectivity index (χ1) is 12.9. The number of para-hydroxylation sites is 1. The molecule has 0 saturated heterocycles. The molecule has 2 N–H and O–H groups in total. The molecule has 7 nitrogen and oxygen atoms in total. The number of hydrogen-bond donors (Lipinski definition) is 2. The number of carboxylic acids is 1. The molecule has 0 aliphatic rings. The van der Waals surface area contributed by atoms with Gasteiger partial charge in [0.15, 0.2) is 0 Å². The number of aliphatic carboxylic acids is 1. The third kappa shape index (κ3) is 3.92. The van der Waals surface area contributed by atoms with Crippen molar-refractivity contribution in [1.29, 1.82) is 0 Å². The van der Waals surface area contributed by atoms with E-state index in [0.29, 0.717) is 5.58 Å². The lowest BCUT2D eigenvalue weighted by molar-refractivity contribution is -0.139. The van der Waals surface area contributed by atoms with Gasteiger partial charge in [-0.05, 0) is 31.0 Å². The third-order valence-corrected chi connectivity index (χ3v) is 6.72. The van der Waals surface area contributed by atoms with E-state index in [0.717, 1.165) is 21.9 Å². The molecule has 0 amide bonds. The maximum Gasteiger partial charge on any atom is 0.346 e. The number of hydrogen-bond acceptors (Lipinski definition) is 6. The van der Waals surface area contributed by atoms with Crippen molar-refractivity contribution in [1.82, 2.24) is 5.32 Å². The zero-order valence-corrected chi connectivity index (χ0v) is 16.2. The number of benzene rings is 2. The highest BCUT2D eigenvalue weighted by Gasteiger charge is 2.33. The van der Waals surface area contributed by atoms with E-state index >= 15 is 0 Å². The first kappa shape index (κ1) is 19.6. The van der Waals surface area contributed by atoms with Crippen molar-refractivity contribution in [2.75, 3.05) is 14.2 Å². The van der Waals surface area contributed by atoms with E-state index in [2.05, 4.69) is 5.32 Å². The van der Waals surface area contributed by atoms with Crippen LogP contribution in [0.2, 0.25) is 0 Å². The summed E-state index contributed by atoms with van der Waals surface area (Å²) in [4.78, 5) is 11.7. The van der Waals surface area contributed by atoms with Gasteiger partial charge in [-0.25, -0.2) is 0 Å². The normalized spacial score (nSPS) is 14.5. The molecule has 0 unspecified atom stereocenters. The van der Waals surface area contributed by atoms with Crippen LogP contribution in [-0.2, 0) is 24.8 Å². The summed E-state index contributed by atoms with van der Waals surface area (Å²) in [6, 6.07) is 12.4. The lowest BCUT2D eigenvalue weighted by Crippen LogP contribution is -2.43. The molecule has 0 saturated carbocycles. The van der Waals surface area contributed by atoms with Crippen LogP contribution in [0, 0.1) is 0 Å². The average molecular weight is 391 g/mol. The summed E-state index contributed by atoms with van der Waals surface area (Å²) < 4.78 is 28.1. The van der Waals surface area contributed by atoms with Gasteiger partial charge in [-0.15, -0.1) is 0 Å². The molecule has 2 atom stereocenters. The fourth-order valence-electron chi connectivity index (χ4n) is 3.12. The second-order valence-corrected chi connectivity index (χ2v) is 8.86. The largest absolute Gasteiger partial charge is 0.480 e. The van der Waals surface area contributed by atoms with Gasteiger partial charge in [-0.3, -0.25) is 14.7 Å². The van der Waals surface area contributed by atoms with Gasteiger partial charge in [0.2, 0.25) is 0 Å². The highest BCUT2D eigenvalue weighted by atomic mass is 31.2. The van der Waals surface area contributed by atoms with Crippen LogP contribution in [0.25, 0.3) is 21.9 Å². The Bertz CT molecular complexity index is 1010. The zero-order valence-electron chi connectivity index (χ0n) is 15.3. The van der Waals surface area contributed by atoms with Gasteiger partial charge in [-0.2, -0.15) is 0 Å². The van der Waals surface area contributed by atoms with E-state index in [-0.39, 0.29) is 6.42 Å². The number of fused-ring (bicyclic) bond motifs is 3. The van der Waals surface area contributed by atoms with Crippen LogP contribution in [0.5, 0.6) is 0 Å². The second-order valence-electron chi connectivity index (χ2n) is 6.27. The Morgan fingerprint density at radius 2 is 1.81 bits per heavy atom. The summed E-state index contributed by atoms with van der Waals surface area (Å²) in [6.45, 7) is 1.58. The van der Waals surface area contributed by atoms with Crippen LogP contribution < -0.4 is 5.32 Å². The Morgan fingerprint density at radius 3 is 2.48 bits per heavy atom. The molecule has 144 valence electrons. The van der Waals surface area contributed by atoms with Crippen molar-refractivity contribution >= 4 is 35.5 Å². The fraction of sp³-hybridized carbons (Fsp3) is 0.316. The van der Waals surface area contributed by atoms with Gasteiger partial charge >= 0.3 is 13.6 Å². The first-order valence-electron chi connectivity index (χ1n) is 8.48. The Morgan fingerprint density at radius 1 is 1.15 bits per heavy atom. The first-order valence-corrected chi connectivity index (χ1v) is 10.1. The Balaban J connectivity index is 1.85. The Labute approximate surface area is 156 Å². The van der Waals surface area contributed by atoms with E-state index in [4.69, 9.17) is 13.5 Å². The minimum absolute atomic E-state index is 0.195. The van der Waals surface area contributed by atoms with Gasteiger partial charge in [0.1, 0.15) is 23.0 Å². The van der Waals surface area contributed by atoms with Crippen molar-refractivity contribution in [3.63, 3.8) is 0 Å². The summed E-state index contributed by atoms with van der Waals surface area (Å²) >= 11 is 0. The van der Waals surface area contributed by atoms with E-state index in [1.807, 2.05) is 42.5 Å². The summed E-state index contributed by atoms with van der Waals surface area (Å²) in [5, 5.41) is 14.4. The van der Waals surface area contributed by atoms with Gasteiger partial charge < -0.3 is 18.6 Å². The molecule has 0 aliphatic heterocycles.